The van der Waals surface area contributed by atoms with Gasteiger partial charge in [-0.25, -0.2) is 0 Å². The van der Waals surface area contributed by atoms with Crippen LogP contribution in [0.15, 0.2) is 0 Å². The van der Waals surface area contributed by atoms with Crippen molar-refractivity contribution in [1.29, 1.82) is 0 Å². The molecule has 1 aromatic carbocycles. The van der Waals surface area contributed by atoms with E-state index in [0.717, 1.165) is 84.2 Å². The normalized spacial score (nSPS) is 56.3. The molecule has 1 aromatic rings. The van der Waals surface area contributed by atoms with Crippen LogP contribution in [-0.2, 0) is 26.4 Å². The molecule has 1 unspecified atom stereocenters. The predicted molar refractivity (Wildman–Crippen MR) is 206 cm³/mol. The maximum absolute atomic E-state index is 7.80. The highest BCUT2D eigenvalue weighted by atomic mass is 16.6. The molecule has 16 saturated carbocycles. The quantitative estimate of drug-likeness (QED) is 0.264. The molecule has 17 aliphatic rings. The van der Waals surface area contributed by atoms with Gasteiger partial charge in [-0.15, -0.1) is 0 Å². The second kappa shape index (κ2) is 10.3. The van der Waals surface area contributed by atoms with Gasteiger partial charge in [-0.1, -0.05) is 0 Å². The zero-order chi connectivity index (χ0) is 33.8. The van der Waals surface area contributed by atoms with E-state index in [0.29, 0.717) is 27.8 Å². The van der Waals surface area contributed by atoms with Crippen molar-refractivity contribution in [3.63, 3.8) is 0 Å². The molecular weight excluding hydrogens is 633 g/mol. The van der Waals surface area contributed by atoms with E-state index < -0.39 is 0 Å². The molecule has 16 bridgehead atoms. The van der Waals surface area contributed by atoms with Gasteiger partial charge in [0.05, 0.1) is 6.61 Å². The fourth-order valence-corrected chi connectivity index (χ4v) is 21.3. The molecule has 2 nitrogen and oxygen atoms in total. The number of rotatable bonds is 7. The van der Waals surface area contributed by atoms with Crippen molar-refractivity contribution in [3.8, 4) is 5.75 Å². The van der Waals surface area contributed by atoms with Crippen molar-refractivity contribution in [2.75, 3.05) is 13.2 Å². The van der Waals surface area contributed by atoms with Crippen LogP contribution >= 0.6 is 0 Å². The maximum Gasteiger partial charge on any atom is 0.127 e. The van der Waals surface area contributed by atoms with Crippen molar-refractivity contribution in [1.82, 2.24) is 0 Å². The summed E-state index contributed by atoms with van der Waals surface area (Å²) >= 11 is 0. The molecule has 17 fully saturated rings. The summed E-state index contributed by atoms with van der Waals surface area (Å²) in [4.78, 5) is 0. The molecule has 1 heterocycles. The molecule has 0 aromatic heterocycles. The fraction of sp³-hybridized carbons (Fsp3) is 0.880. The summed E-state index contributed by atoms with van der Waals surface area (Å²) in [5.41, 5.74) is 11.5. The molecule has 1 atom stereocenters. The Bertz CT molecular complexity index is 1570. The van der Waals surface area contributed by atoms with E-state index in [1.807, 2.05) is 16.7 Å². The minimum Gasteiger partial charge on any atom is -0.490 e. The SMILES string of the molecule is Cc1c(C23CC4CC(CC(C4)C2)C3)c(OCC2CO2)c(C23CC4CC(CC(C4)C2)C3)c(C23CC4CC(CC(C4)C2)C3)c1C12CC3CC(CC(C3)C1)C2. The lowest BCUT2D eigenvalue weighted by atomic mass is 9.40. The van der Waals surface area contributed by atoms with Crippen LogP contribution < -0.4 is 4.74 Å². The summed E-state index contributed by atoms with van der Waals surface area (Å²) in [5, 5.41) is 0. The van der Waals surface area contributed by atoms with Gasteiger partial charge in [-0.3, -0.25) is 0 Å². The first-order valence-corrected chi connectivity index (χ1v) is 23.8. The summed E-state index contributed by atoms with van der Waals surface area (Å²) in [7, 11) is 0. The summed E-state index contributed by atoms with van der Waals surface area (Å²) in [6, 6.07) is 0. The van der Waals surface area contributed by atoms with E-state index >= 15 is 0 Å². The van der Waals surface area contributed by atoms with Crippen LogP contribution in [0.2, 0.25) is 0 Å². The van der Waals surface area contributed by atoms with Crippen LogP contribution in [0, 0.1) is 77.9 Å². The van der Waals surface area contributed by atoms with Crippen LogP contribution in [0.3, 0.4) is 0 Å². The van der Waals surface area contributed by atoms with Crippen molar-refractivity contribution in [3.05, 3.63) is 27.8 Å². The Labute approximate surface area is 315 Å². The Balaban J connectivity index is 1.10. The minimum atomic E-state index is 0.333. The molecule has 0 N–H and O–H groups in total. The van der Waals surface area contributed by atoms with E-state index in [9.17, 15) is 0 Å². The van der Waals surface area contributed by atoms with Gasteiger partial charge < -0.3 is 9.47 Å². The molecular formula is C50H68O2. The van der Waals surface area contributed by atoms with Crippen LogP contribution in [0.25, 0.3) is 0 Å². The van der Waals surface area contributed by atoms with Crippen LogP contribution in [0.1, 0.15) is 182 Å². The van der Waals surface area contributed by atoms with Gasteiger partial charge in [-0.2, -0.15) is 0 Å². The Morgan fingerprint density at radius 3 is 0.981 bits per heavy atom. The highest BCUT2D eigenvalue weighted by Gasteiger charge is 2.63. The summed E-state index contributed by atoms with van der Waals surface area (Å²) < 4.78 is 13.8. The highest BCUT2D eigenvalue weighted by molar-refractivity contribution is 5.66. The van der Waals surface area contributed by atoms with Crippen LogP contribution in [0.4, 0.5) is 0 Å². The van der Waals surface area contributed by atoms with Gasteiger partial charge >= 0.3 is 0 Å². The molecule has 1 saturated heterocycles. The van der Waals surface area contributed by atoms with E-state index in [4.69, 9.17) is 9.47 Å². The molecule has 0 spiro atoms. The third-order valence-corrected chi connectivity index (χ3v) is 20.8. The molecule has 18 rings (SSSR count). The van der Waals surface area contributed by atoms with Gasteiger partial charge in [0.2, 0.25) is 0 Å². The number of hydrogen-bond donors (Lipinski definition) is 0. The lowest BCUT2D eigenvalue weighted by molar-refractivity contribution is -0.0269. The molecule has 16 aliphatic carbocycles. The monoisotopic (exact) mass is 701 g/mol. The van der Waals surface area contributed by atoms with Gasteiger partial charge in [0.15, 0.2) is 0 Å². The van der Waals surface area contributed by atoms with Crippen LogP contribution in [0.5, 0.6) is 5.75 Å². The smallest absolute Gasteiger partial charge is 0.127 e. The predicted octanol–water partition coefficient (Wildman–Crippen LogP) is 11.6. The zero-order valence-electron chi connectivity index (χ0n) is 32.7. The molecule has 2 heteroatoms. The number of epoxide rings is 1. The van der Waals surface area contributed by atoms with Crippen LogP contribution in [-0.4, -0.2) is 19.3 Å². The number of ether oxygens (including phenoxy) is 2. The Hall–Kier alpha value is -1.02. The lowest BCUT2D eigenvalue weighted by Crippen LogP contribution is -2.56. The van der Waals surface area contributed by atoms with Crippen molar-refractivity contribution >= 4 is 0 Å². The van der Waals surface area contributed by atoms with E-state index in [1.54, 1.807) is 82.8 Å². The minimum absolute atomic E-state index is 0.333. The first kappa shape index (κ1) is 31.1. The Kier molecular flexibility index (Phi) is 6.15. The molecule has 280 valence electrons. The van der Waals surface area contributed by atoms with E-state index in [-0.39, 0.29) is 0 Å². The fourth-order valence-electron chi connectivity index (χ4n) is 21.3. The first-order valence-electron chi connectivity index (χ1n) is 23.8. The first-order chi connectivity index (χ1) is 25.3. The highest BCUT2D eigenvalue weighted by Crippen LogP contribution is 2.73. The number of hydrogen-bond acceptors (Lipinski definition) is 2. The number of benzene rings is 1. The van der Waals surface area contributed by atoms with Gasteiger partial charge in [0, 0.05) is 22.0 Å². The third-order valence-electron chi connectivity index (χ3n) is 20.8. The second-order valence-corrected chi connectivity index (χ2v) is 24.5. The largest absolute Gasteiger partial charge is 0.490 e. The molecule has 1 aliphatic heterocycles. The summed E-state index contributed by atoms with van der Waals surface area (Å²) in [6.45, 7) is 4.52. The average molecular weight is 701 g/mol. The van der Waals surface area contributed by atoms with Crippen molar-refractivity contribution in [2.24, 2.45) is 71.0 Å². The Morgan fingerprint density at radius 2 is 0.673 bits per heavy atom. The average Bonchev–Trinajstić information content (AvgIpc) is 3.89. The summed E-state index contributed by atoms with van der Waals surface area (Å²) in [6.07, 6.45) is 37.1. The van der Waals surface area contributed by atoms with E-state index in [2.05, 4.69) is 18.1 Å². The van der Waals surface area contributed by atoms with Crippen molar-refractivity contribution < 1.29 is 9.47 Å². The van der Waals surface area contributed by atoms with Crippen molar-refractivity contribution in [2.45, 2.75) is 189 Å². The third kappa shape index (κ3) is 4.24. The maximum atomic E-state index is 7.80. The zero-order valence-corrected chi connectivity index (χ0v) is 32.7. The molecule has 52 heavy (non-hydrogen) atoms. The topological polar surface area (TPSA) is 21.8 Å². The lowest BCUT2D eigenvalue weighted by Gasteiger charge is -2.64. The molecule has 0 radical (unpaired) electrons. The summed E-state index contributed by atoms with van der Waals surface area (Å²) in [5.74, 6) is 13.4. The second-order valence-electron chi connectivity index (χ2n) is 24.5. The van der Waals surface area contributed by atoms with Gasteiger partial charge in [0.1, 0.15) is 18.5 Å². The van der Waals surface area contributed by atoms with Gasteiger partial charge in [0.25, 0.3) is 0 Å². The Morgan fingerprint density at radius 1 is 0.404 bits per heavy atom. The van der Waals surface area contributed by atoms with Gasteiger partial charge in [-0.05, 0) is 260 Å². The molecule has 0 amide bonds. The van der Waals surface area contributed by atoms with E-state index in [1.165, 1.54) is 77.0 Å². The standard InChI is InChI=1S/C50H68O2/c1-28-42(47-14-29-2-30(15-47)4-31(3-29)16-47)44(49-20-35-8-36(21-49)10-37(9-35)22-49)45(50-23-38-11-39(24-50)13-40(12-38)25-50)46(52-27-41-26-51-41)43(28)48-17-32-5-33(18-48)7-34(6-32)19-48/h29-41H,2-27H2,1H3.